The largest absolute Gasteiger partial charge is 0.326 e. The minimum absolute atomic E-state index is 0.0317. The Balaban J connectivity index is 1.41. The predicted octanol–water partition coefficient (Wildman–Crippen LogP) is 5.09. The highest BCUT2D eigenvalue weighted by atomic mass is 16.1. The number of carbonyl (C=O) groups is 1. The summed E-state index contributed by atoms with van der Waals surface area (Å²) in [5, 5.41) is 2.86. The lowest BCUT2D eigenvalue weighted by Crippen LogP contribution is -2.46. The Morgan fingerprint density at radius 1 is 1.03 bits per heavy atom. The van der Waals surface area contributed by atoms with Gasteiger partial charge in [-0.2, -0.15) is 0 Å². The molecule has 32 heavy (non-hydrogen) atoms. The highest BCUT2D eigenvalue weighted by molar-refractivity contribution is 5.88. The van der Waals surface area contributed by atoms with Crippen molar-refractivity contribution in [3.63, 3.8) is 0 Å². The molecule has 0 radical (unpaired) electrons. The first-order valence-electron chi connectivity index (χ1n) is 12.4. The van der Waals surface area contributed by atoms with Crippen molar-refractivity contribution in [1.82, 2.24) is 14.8 Å². The quantitative estimate of drug-likeness (QED) is 0.629. The molecule has 1 N–H and O–H groups in total. The Morgan fingerprint density at radius 2 is 1.81 bits per heavy atom. The van der Waals surface area contributed by atoms with E-state index in [1.807, 2.05) is 30.6 Å². The molecule has 2 fully saturated rings. The Hall–Kier alpha value is -2.24. The molecule has 1 aliphatic carbocycles. The van der Waals surface area contributed by atoms with Gasteiger partial charge in [-0.15, -0.1) is 0 Å². The van der Waals surface area contributed by atoms with Crippen molar-refractivity contribution in [3.05, 3.63) is 59.9 Å². The van der Waals surface area contributed by atoms with Crippen LogP contribution in [0.25, 0.3) is 0 Å². The molecule has 4 rings (SSSR count). The first-order valence-corrected chi connectivity index (χ1v) is 12.4. The molecule has 5 heteroatoms. The topological polar surface area (TPSA) is 48.5 Å². The SMILES string of the molecule is CC(=O)Nc1ccc(CN(Cc2cccnc2)C[C@@H]2CCCN(C3CCCCC3)C2)cc1. The summed E-state index contributed by atoms with van der Waals surface area (Å²) in [5.41, 5.74) is 3.40. The lowest BCUT2D eigenvalue weighted by Gasteiger charge is -2.41. The van der Waals surface area contributed by atoms with Crippen LogP contribution in [0.15, 0.2) is 48.8 Å². The highest BCUT2D eigenvalue weighted by Crippen LogP contribution is 2.28. The summed E-state index contributed by atoms with van der Waals surface area (Å²) in [6, 6.07) is 13.3. The van der Waals surface area contributed by atoms with Gasteiger partial charge in [-0.3, -0.25) is 14.7 Å². The third-order valence-corrected chi connectivity index (χ3v) is 6.97. The highest BCUT2D eigenvalue weighted by Gasteiger charge is 2.28. The molecule has 0 spiro atoms. The normalized spacial score (nSPS) is 20.4. The average molecular weight is 435 g/mol. The molecule has 1 aliphatic heterocycles. The lowest BCUT2D eigenvalue weighted by atomic mass is 9.90. The number of pyridine rings is 1. The van der Waals surface area contributed by atoms with Gasteiger partial charge in [-0.1, -0.05) is 37.5 Å². The summed E-state index contributed by atoms with van der Waals surface area (Å²) in [6.07, 6.45) is 13.5. The van der Waals surface area contributed by atoms with E-state index in [1.54, 1.807) is 6.92 Å². The zero-order chi connectivity index (χ0) is 22.2. The van der Waals surface area contributed by atoms with E-state index < -0.39 is 0 Å². The van der Waals surface area contributed by atoms with Crippen LogP contribution in [0.2, 0.25) is 0 Å². The van der Waals surface area contributed by atoms with Crippen molar-refractivity contribution in [2.45, 2.75) is 71.0 Å². The van der Waals surface area contributed by atoms with E-state index >= 15 is 0 Å². The first-order chi connectivity index (χ1) is 15.7. The zero-order valence-corrected chi connectivity index (χ0v) is 19.5. The molecule has 2 aliphatic rings. The smallest absolute Gasteiger partial charge is 0.221 e. The number of likely N-dealkylation sites (tertiary alicyclic amines) is 1. The minimum Gasteiger partial charge on any atom is -0.326 e. The van der Waals surface area contributed by atoms with Crippen LogP contribution in [0.5, 0.6) is 0 Å². The van der Waals surface area contributed by atoms with E-state index in [1.165, 1.54) is 69.2 Å². The molecule has 0 unspecified atom stereocenters. The maximum absolute atomic E-state index is 11.3. The van der Waals surface area contributed by atoms with Crippen LogP contribution >= 0.6 is 0 Å². The third-order valence-electron chi connectivity index (χ3n) is 6.97. The van der Waals surface area contributed by atoms with Gasteiger partial charge in [0.25, 0.3) is 0 Å². The first kappa shape index (κ1) is 22.9. The fourth-order valence-electron chi connectivity index (χ4n) is 5.48. The molecule has 1 saturated carbocycles. The molecule has 1 saturated heterocycles. The molecule has 2 aromatic rings. The van der Waals surface area contributed by atoms with Crippen LogP contribution in [0.3, 0.4) is 0 Å². The van der Waals surface area contributed by atoms with Crippen LogP contribution < -0.4 is 5.32 Å². The van der Waals surface area contributed by atoms with Crippen LogP contribution in [0.1, 0.15) is 63.0 Å². The molecular formula is C27H38N4O. The fraction of sp³-hybridized carbons (Fsp3) is 0.556. The Kier molecular flexibility index (Phi) is 8.30. The van der Waals surface area contributed by atoms with Gasteiger partial charge in [0, 0.05) is 57.2 Å². The van der Waals surface area contributed by atoms with E-state index in [-0.39, 0.29) is 5.91 Å². The van der Waals surface area contributed by atoms with Gasteiger partial charge in [0.15, 0.2) is 0 Å². The van der Waals surface area contributed by atoms with E-state index in [9.17, 15) is 4.79 Å². The molecule has 172 valence electrons. The van der Waals surface area contributed by atoms with Gasteiger partial charge in [-0.25, -0.2) is 0 Å². The van der Waals surface area contributed by atoms with Gasteiger partial charge >= 0.3 is 0 Å². The number of piperidine rings is 1. The standard InChI is InChI=1S/C27H38N4O/c1-22(32)29-26-13-11-23(12-14-26)18-30(19-24-7-5-15-28-17-24)20-25-8-6-16-31(21-25)27-9-3-2-4-10-27/h5,7,11-15,17,25,27H,2-4,6,8-10,16,18-21H2,1H3,(H,29,32)/t25-/m0/s1. The van der Waals surface area contributed by atoms with E-state index in [4.69, 9.17) is 0 Å². The number of carbonyl (C=O) groups excluding carboxylic acids is 1. The van der Waals surface area contributed by atoms with Crippen LogP contribution in [0, 0.1) is 5.92 Å². The van der Waals surface area contributed by atoms with E-state index in [0.29, 0.717) is 0 Å². The summed E-state index contributed by atoms with van der Waals surface area (Å²) >= 11 is 0. The van der Waals surface area contributed by atoms with E-state index in [0.717, 1.165) is 37.3 Å². The van der Waals surface area contributed by atoms with Gasteiger partial charge in [0.2, 0.25) is 5.91 Å². The van der Waals surface area contributed by atoms with E-state index in [2.05, 4.69) is 38.3 Å². The van der Waals surface area contributed by atoms with Crippen LogP contribution in [0.4, 0.5) is 5.69 Å². The Labute approximate surface area is 193 Å². The second-order valence-corrected chi connectivity index (χ2v) is 9.70. The van der Waals surface area contributed by atoms with Crippen LogP contribution in [-0.2, 0) is 17.9 Å². The average Bonchev–Trinajstić information content (AvgIpc) is 2.81. The number of aromatic nitrogens is 1. The van der Waals surface area contributed by atoms with Crippen molar-refractivity contribution in [1.29, 1.82) is 0 Å². The summed E-state index contributed by atoms with van der Waals surface area (Å²) in [5.74, 6) is 0.691. The molecule has 0 bridgehead atoms. The van der Waals surface area contributed by atoms with Crippen molar-refractivity contribution >= 4 is 11.6 Å². The van der Waals surface area contributed by atoms with Gasteiger partial charge in [0.05, 0.1) is 0 Å². The van der Waals surface area contributed by atoms with Gasteiger partial charge in [0.1, 0.15) is 0 Å². The Morgan fingerprint density at radius 3 is 2.53 bits per heavy atom. The number of nitrogens with one attached hydrogen (secondary N) is 1. The van der Waals surface area contributed by atoms with Crippen molar-refractivity contribution in [3.8, 4) is 0 Å². The molecule has 2 heterocycles. The summed E-state index contributed by atoms with van der Waals surface area (Å²) in [7, 11) is 0. The molecule has 5 nitrogen and oxygen atoms in total. The molecule has 1 atom stereocenters. The van der Waals surface area contributed by atoms with Crippen molar-refractivity contribution in [2.24, 2.45) is 5.92 Å². The number of rotatable bonds is 8. The van der Waals surface area contributed by atoms with Crippen molar-refractivity contribution in [2.75, 3.05) is 25.0 Å². The number of anilines is 1. The van der Waals surface area contributed by atoms with Crippen LogP contribution in [-0.4, -0.2) is 46.4 Å². The molecule has 1 aromatic heterocycles. The minimum atomic E-state index is -0.0317. The summed E-state index contributed by atoms with van der Waals surface area (Å²) in [6.45, 7) is 7.02. The second-order valence-electron chi connectivity index (χ2n) is 9.70. The summed E-state index contributed by atoms with van der Waals surface area (Å²) < 4.78 is 0. The number of benzene rings is 1. The molecule has 1 amide bonds. The maximum atomic E-state index is 11.3. The monoisotopic (exact) mass is 434 g/mol. The number of amides is 1. The summed E-state index contributed by atoms with van der Waals surface area (Å²) in [4.78, 5) is 21.0. The number of hydrogen-bond acceptors (Lipinski definition) is 4. The van der Waals surface area contributed by atoms with Gasteiger partial charge < -0.3 is 10.2 Å². The van der Waals surface area contributed by atoms with Crippen molar-refractivity contribution < 1.29 is 4.79 Å². The zero-order valence-electron chi connectivity index (χ0n) is 19.5. The molecular weight excluding hydrogens is 396 g/mol. The lowest BCUT2D eigenvalue weighted by molar-refractivity contribution is -0.114. The fourth-order valence-corrected chi connectivity index (χ4v) is 5.48. The maximum Gasteiger partial charge on any atom is 0.221 e. The predicted molar refractivity (Wildman–Crippen MR) is 130 cm³/mol. The second kappa shape index (κ2) is 11.6. The number of nitrogens with zero attached hydrogens (tertiary/aromatic N) is 3. The third kappa shape index (κ3) is 6.88. The van der Waals surface area contributed by atoms with Gasteiger partial charge in [-0.05, 0) is 67.5 Å². The Bertz CT molecular complexity index is 832. The molecule has 1 aromatic carbocycles. The number of hydrogen-bond donors (Lipinski definition) is 1.